The topological polar surface area (TPSA) is 63.7 Å². The molecule has 0 N–H and O–H groups in total. The highest BCUT2D eigenvalue weighted by Crippen LogP contribution is 2.39. The van der Waals surface area contributed by atoms with Gasteiger partial charge in [-0.15, -0.1) is 11.8 Å². The van der Waals surface area contributed by atoms with Gasteiger partial charge in [0.25, 0.3) is 5.91 Å². The van der Waals surface area contributed by atoms with Crippen LogP contribution < -0.4 is 5.43 Å². The zero-order valence-electron chi connectivity index (χ0n) is 15.6. The molecule has 144 valence electrons. The molecule has 1 unspecified atom stereocenters. The van der Waals surface area contributed by atoms with Crippen LogP contribution in [0.15, 0.2) is 85.5 Å². The van der Waals surface area contributed by atoms with Crippen molar-refractivity contribution in [2.75, 3.05) is 6.26 Å². The van der Waals surface area contributed by atoms with Crippen molar-refractivity contribution >= 4 is 28.6 Å². The monoisotopic (exact) mass is 403 g/mol. The van der Waals surface area contributed by atoms with Crippen LogP contribution in [0.3, 0.4) is 0 Å². The third-order valence-corrected chi connectivity index (χ3v) is 5.95. The third kappa shape index (κ3) is 2.87. The Morgan fingerprint density at radius 1 is 1.00 bits per heavy atom. The molecule has 2 aromatic carbocycles. The summed E-state index contributed by atoms with van der Waals surface area (Å²) in [4.78, 5) is 29.4. The van der Waals surface area contributed by atoms with Crippen molar-refractivity contribution in [2.45, 2.75) is 17.5 Å². The highest BCUT2D eigenvalue weighted by atomic mass is 32.2. The molecule has 5 nitrogen and oxygen atoms in total. The first kappa shape index (κ1) is 17.8. The molecular formula is C23H17NO4S. The Labute approximate surface area is 170 Å². The van der Waals surface area contributed by atoms with Gasteiger partial charge in [0.05, 0.1) is 29.8 Å². The summed E-state index contributed by atoms with van der Waals surface area (Å²) < 4.78 is 11.4. The van der Waals surface area contributed by atoms with Crippen LogP contribution >= 0.6 is 11.8 Å². The Hall–Kier alpha value is -3.25. The largest absolute Gasteiger partial charge is 0.467 e. The Morgan fingerprint density at radius 3 is 2.52 bits per heavy atom. The number of furan rings is 1. The van der Waals surface area contributed by atoms with E-state index in [9.17, 15) is 9.59 Å². The third-order valence-electron chi connectivity index (χ3n) is 5.21. The van der Waals surface area contributed by atoms with E-state index in [1.807, 2.05) is 36.6 Å². The fourth-order valence-electron chi connectivity index (χ4n) is 3.83. The van der Waals surface area contributed by atoms with Crippen LogP contribution in [0.2, 0.25) is 0 Å². The van der Waals surface area contributed by atoms with Crippen LogP contribution in [0.5, 0.6) is 0 Å². The molecule has 29 heavy (non-hydrogen) atoms. The number of para-hydroxylation sites is 1. The van der Waals surface area contributed by atoms with Crippen molar-refractivity contribution in [1.29, 1.82) is 0 Å². The minimum absolute atomic E-state index is 0.110. The Kier molecular flexibility index (Phi) is 4.28. The van der Waals surface area contributed by atoms with Gasteiger partial charge in [-0.1, -0.05) is 24.3 Å². The number of rotatable bonds is 4. The summed E-state index contributed by atoms with van der Waals surface area (Å²) in [6.07, 6.45) is 3.58. The van der Waals surface area contributed by atoms with Gasteiger partial charge in [-0.25, -0.2) is 0 Å². The number of hydrogen-bond acceptors (Lipinski definition) is 5. The summed E-state index contributed by atoms with van der Waals surface area (Å²) in [5.74, 6) is 0.450. The number of thioether (sulfide) groups is 1. The second kappa shape index (κ2) is 6.97. The normalized spacial score (nSPS) is 15.8. The lowest BCUT2D eigenvalue weighted by molar-refractivity contribution is 0.0701. The van der Waals surface area contributed by atoms with Gasteiger partial charge in [0, 0.05) is 4.90 Å². The molecule has 1 amide bonds. The predicted octanol–water partition coefficient (Wildman–Crippen LogP) is 4.85. The van der Waals surface area contributed by atoms with Crippen LogP contribution in [0.1, 0.15) is 33.5 Å². The molecule has 3 heterocycles. The lowest BCUT2D eigenvalue weighted by atomic mass is 9.98. The minimum atomic E-state index is -0.528. The molecule has 0 radical (unpaired) electrons. The standard InChI is InChI=1S/C23H17NO4S/c1-29-16-10-8-14(9-11-16)20-19-21(25)17-6-2-3-7-18(17)28-22(19)23(26)24(20)13-15-5-4-12-27-15/h2-12,20H,13H2,1H3. The Morgan fingerprint density at radius 2 is 1.79 bits per heavy atom. The van der Waals surface area contributed by atoms with E-state index < -0.39 is 6.04 Å². The Balaban J connectivity index is 1.72. The van der Waals surface area contributed by atoms with Crippen LogP contribution in [0.25, 0.3) is 11.0 Å². The van der Waals surface area contributed by atoms with E-state index in [0.717, 1.165) is 10.5 Å². The van der Waals surface area contributed by atoms with E-state index in [0.29, 0.717) is 22.3 Å². The van der Waals surface area contributed by atoms with Gasteiger partial charge in [0.15, 0.2) is 5.43 Å². The van der Waals surface area contributed by atoms with Crippen molar-refractivity contribution in [3.05, 3.63) is 99.8 Å². The zero-order valence-corrected chi connectivity index (χ0v) is 16.4. The number of nitrogens with zero attached hydrogens (tertiary/aromatic N) is 1. The summed E-state index contributed by atoms with van der Waals surface area (Å²) >= 11 is 1.64. The number of carbonyl (C=O) groups excluding carboxylic acids is 1. The first-order valence-electron chi connectivity index (χ1n) is 9.20. The molecule has 2 aromatic heterocycles. The summed E-state index contributed by atoms with van der Waals surface area (Å²) in [5.41, 5.74) is 1.50. The quantitative estimate of drug-likeness (QED) is 0.456. The van der Waals surface area contributed by atoms with Gasteiger partial charge in [-0.3, -0.25) is 9.59 Å². The molecule has 1 aliphatic heterocycles. The fourth-order valence-corrected chi connectivity index (χ4v) is 4.24. The van der Waals surface area contributed by atoms with Gasteiger partial charge >= 0.3 is 0 Å². The molecular weight excluding hydrogens is 386 g/mol. The van der Waals surface area contributed by atoms with Gasteiger partial charge in [0.2, 0.25) is 5.76 Å². The molecule has 0 aliphatic carbocycles. The summed E-state index contributed by atoms with van der Waals surface area (Å²) in [6, 6.07) is 18.0. The molecule has 0 saturated carbocycles. The lowest BCUT2D eigenvalue weighted by Crippen LogP contribution is -2.29. The fraction of sp³-hybridized carbons (Fsp3) is 0.130. The molecule has 0 spiro atoms. The number of hydrogen-bond donors (Lipinski definition) is 0. The molecule has 1 atom stereocenters. The van der Waals surface area contributed by atoms with E-state index in [4.69, 9.17) is 8.83 Å². The minimum Gasteiger partial charge on any atom is -0.467 e. The summed E-state index contributed by atoms with van der Waals surface area (Å²) in [5, 5.41) is 0.477. The highest BCUT2D eigenvalue weighted by Gasteiger charge is 2.43. The second-order valence-corrected chi connectivity index (χ2v) is 7.74. The highest BCUT2D eigenvalue weighted by molar-refractivity contribution is 7.98. The maximum Gasteiger partial charge on any atom is 0.291 e. The second-order valence-electron chi connectivity index (χ2n) is 6.86. The number of carbonyl (C=O) groups is 1. The smallest absolute Gasteiger partial charge is 0.291 e. The Bertz CT molecular complexity index is 1260. The van der Waals surface area contributed by atoms with E-state index >= 15 is 0 Å². The SMILES string of the molecule is CSc1ccc(C2c3c(oc4ccccc4c3=O)C(=O)N2Cc2ccco2)cc1. The summed E-state index contributed by atoms with van der Waals surface area (Å²) in [7, 11) is 0. The van der Waals surface area contributed by atoms with Crippen LogP contribution in [-0.4, -0.2) is 17.1 Å². The van der Waals surface area contributed by atoms with Gasteiger partial charge in [-0.2, -0.15) is 0 Å². The molecule has 6 heteroatoms. The van der Waals surface area contributed by atoms with Crippen molar-refractivity contribution in [3.8, 4) is 0 Å². The predicted molar refractivity (Wildman–Crippen MR) is 111 cm³/mol. The average Bonchev–Trinajstić information content (AvgIpc) is 3.36. The van der Waals surface area contributed by atoms with E-state index in [1.165, 1.54) is 0 Å². The first-order valence-corrected chi connectivity index (χ1v) is 10.4. The maximum atomic E-state index is 13.4. The molecule has 0 bridgehead atoms. The van der Waals surface area contributed by atoms with Crippen molar-refractivity contribution in [2.24, 2.45) is 0 Å². The zero-order chi connectivity index (χ0) is 20.0. The molecule has 1 aliphatic rings. The van der Waals surface area contributed by atoms with Gasteiger partial charge in [0.1, 0.15) is 11.3 Å². The number of fused-ring (bicyclic) bond motifs is 2. The van der Waals surface area contributed by atoms with Crippen molar-refractivity contribution in [1.82, 2.24) is 4.90 Å². The average molecular weight is 403 g/mol. The number of amides is 1. The summed E-state index contributed by atoms with van der Waals surface area (Å²) in [6.45, 7) is 0.251. The van der Waals surface area contributed by atoms with Gasteiger partial charge in [-0.05, 0) is 48.2 Å². The van der Waals surface area contributed by atoms with E-state index in [2.05, 4.69) is 0 Å². The molecule has 4 aromatic rings. The van der Waals surface area contributed by atoms with Crippen LogP contribution in [0, 0.1) is 0 Å². The van der Waals surface area contributed by atoms with Gasteiger partial charge < -0.3 is 13.7 Å². The molecule has 0 fully saturated rings. The van der Waals surface area contributed by atoms with Crippen LogP contribution in [0.4, 0.5) is 0 Å². The van der Waals surface area contributed by atoms with Crippen molar-refractivity contribution < 1.29 is 13.6 Å². The maximum absolute atomic E-state index is 13.4. The van der Waals surface area contributed by atoms with Crippen molar-refractivity contribution in [3.63, 3.8) is 0 Å². The lowest BCUT2D eigenvalue weighted by Gasteiger charge is -2.24. The first-order chi connectivity index (χ1) is 14.2. The molecule has 5 rings (SSSR count). The van der Waals surface area contributed by atoms with E-state index in [1.54, 1.807) is 53.3 Å². The van der Waals surface area contributed by atoms with Crippen LogP contribution in [-0.2, 0) is 6.54 Å². The van der Waals surface area contributed by atoms with E-state index in [-0.39, 0.29) is 23.6 Å². The molecule has 0 saturated heterocycles. The number of benzene rings is 2.